The maximum atomic E-state index is 14.1. The van der Waals surface area contributed by atoms with Crippen LogP contribution < -0.4 is 9.47 Å². The highest BCUT2D eigenvalue weighted by Crippen LogP contribution is 2.43. The lowest BCUT2D eigenvalue weighted by molar-refractivity contribution is -0.262. The topological polar surface area (TPSA) is 79.3 Å². The summed E-state index contributed by atoms with van der Waals surface area (Å²) in [7, 11) is 3.43. The minimum absolute atomic E-state index is 0.0515. The van der Waals surface area contributed by atoms with Crippen LogP contribution in [0.3, 0.4) is 0 Å². The lowest BCUT2D eigenvalue weighted by Crippen LogP contribution is -2.57. The van der Waals surface area contributed by atoms with Crippen molar-refractivity contribution in [3.8, 4) is 11.5 Å². The largest absolute Gasteiger partial charge is 0.494 e. The van der Waals surface area contributed by atoms with Gasteiger partial charge in [0.15, 0.2) is 0 Å². The normalized spacial score (nSPS) is 21.0. The Kier molecular flexibility index (Phi) is 9.21. The number of ether oxygens (including phenoxy) is 2. The number of piperidine rings is 1. The van der Waals surface area contributed by atoms with E-state index in [2.05, 4.69) is 0 Å². The second-order valence-electron chi connectivity index (χ2n) is 11.4. The molecule has 2 aromatic carbocycles. The zero-order valence-corrected chi connectivity index (χ0v) is 24.0. The Morgan fingerprint density at radius 3 is 2.29 bits per heavy atom. The maximum absolute atomic E-state index is 14.1. The molecule has 224 valence electrons. The highest BCUT2D eigenvalue weighted by atomic mass is 19.4. The molecule has 2 amide bonds. The number of hydrogen-bond acceptors (Lipinski definition) is 5. The molecule has 2 aliphatic rings. The summed E-state index contributed by atoms with van der Waals surface area (Å²) < 4.78 is 53.8. The molecule has 2 aromatic rings. The van der Waals surface area contributed by atoms with Crippen molar-refractivity contribution < 1.29 is 37.3 Å². The van der Waals surface area contributed by atoms with Gasteiger partial charge in [0.05, 0.1) is 12.7 Å². The lowest BCUT2D eigenvalue weighted by Gasteiger charge is -2.41. The molecule has 1 saturated carbocycles. The molecule has 0 radical (unpaired) electrons. The van der Waals surface area contributed by atoms with Gasteiger partial charge in [-0.1, -0.05) is 12.1 Å². The minimum Gasteiger partial charge on any atom is -0.494 e. The summed E-state index contributed by atoms with van der Waals surface area (Å²) in [6.07, 6.45) is -1.22. The number of carbonyl (C=O) groups excluding carboxylic acids is 2. The number of hydrogen-bond donors (Lipinski definition) is 1. The van der Waals surface area contributed by atoms with Crippen molar-refractivity contribution in [3.63, 3.8) is 0 Å². The number of benzene rings is 2. The summed E-state index contributed by atoms with van der Waals surface area (Å²) >= 11 is 0. The second kappa shape index (κ2) is 12.3. The summed E-state index contributed by atoms with van der Waals surface area (Å²) in [5, 5.41) is 10.8. The monoisotopic (exact) mass is 576 g/mol. The summed E-state index contributed by atoms with van der Waals surface area (Å²) in [6, 6.07) is 10.5. The second-order valence-corrected chi connectivity index (χ2v) is 11.4. The van der Waals surface area contributed by atoms with E-state index in [0.717, 1.165) is 47.6 Å². The highest BCUT2D eigenvalue weighted by molar-refractivity contribution is 5.95. The van der Waals surface area contributed by atoms with E-state index in [4.69, 9.17) is 9.47 Å². The quantitative estimate of drug-likeness (QED) is 0.437. The first-order valence-corrected chi connectivity index (χ1v) is 14.1. The number of nitrogens with zero attached hydrogens (tertiary/aromatic N) is 2. The number of aliphatic hydroxyl groups is 1. The van der Waals surface area contributed by atoms with Crippen LogP contribution in [0.4, 0.5) is 13.2 Å². The third-order valence-electron chi connectivity index (χ3n) is 8.18. The van der Waals surface area contributed by atoms with Crippen molar-refractivity contribution in [2.75, 3.05) is 33.8 Å². The smallest absolute Gasteiger partial charge is 0.430 e. The first-order chi connectivity index (χ1) is 19.3. The number of halogens is 3. The number of carbonyl (C=O) groups is 2. The molecule has 1 unspecified atom stereocenters. The van der Waals surface area contributed by atoms with Crippen LogP contribution in [0, 0.1) is 18.8 Å². The van der Waals surface area contributed by atoms with E-state index in [1.807, 2.05) is 19.1 Å². The Morgan fingerprint density at radius 1 is 1.02 bits per heavy atom. The van der Waals surface area contributed by atoms with Gasteiger partial charge in [-0.05, 0) is 93.7 Å². The Labute approximate surface area is 239 Å². The summed E-state index contributed by atoms with van der Waals surface area (Å²) in [5.41, 5.74) is -2.68. The molecule has 4 rings (SSSR count). The van der Waals surface area contributed by atoms with E-state index in [0.29, 0.717) is 30.2 Å². The lowest BCUT2D eigenvalue weighted by atomic mass is 9.74. The van der Waals surface area contributed by atoms with Crippen LogP contribution in [0.15, 0.2) is 42.5 Å². The van der Waals surface area contributed by atoms with Gasteiger partial charge in [0, 0.05) is 38.3 Å². The minimum atomic E-state index is -5.19. The molecule has 0 aromatic heterocycles. The van der Waals surface area contributed by atoms with Crippen molar-refractivity contribution in [2.24, 2.45) is 11.8 Å². The molecule has 2 fully saturated rings. The van der Waals surface area contributed by atoms with Crippen LogP contribution >= 0.6 is 0 Å². The van der Waals surface area contributed by atoms with Crippen LogP contribution in [-0.4, -0.2) is 72.8 Å². The van der Waals surface area contributed by atoms with Crippen LogP contribution in [-0.2, 0) is 10.4 Å². The molecule has 1 aliphatic heterocycles. The SMILES string of the molecule is CCOc1cccc(C(O)(C(=O)N2CCC(C[C@H]3C[C@@H](Oc4ccc(C(=O)N(C)C)c(C)c4)C3)CC2)C(F)(F)F)c1. The Bertz CT molecular complexity index is 1240. The van der Waals surface area contributed by atoms with Crippen molar-refractivity contribution in [2.45, 2.75) is 63.8 Å². The van der Waals surface area contributed by atoms with Gasteiger partial charge in [0.2, 0.25) is 0 Å². The van der Waals surface area contributed by atoms with E-state index in [1.165, 1.54) is 17.0 Å². The fourth-order valence-corrected chi connectivity index (χ4v) is 5.80. The van der Waals surface area contributed by atoms with Gasteiger partial charge in [-0.3, -0.25) is 9.59 Å². The molecule has 1 saturated heterocycles. The molecule has 1 atom stereocenters. The molecule has 0 bridgehead atoms. The number of aryl methyl sites for hydroxylation is 1. The molecule has 1 aliphatic carbocycles. The van der Waals surface area contributed by atoms with E-state index < -0.39 is 23.2 Å². The average molecular weight is 577 g/mol. The molecular formula is C31H39F3N2O5. The first kappa shape index (κ1) is 30.7. The maximum Gasteiger partial charge on any atom is 0.430 e. The average Bonchev–Trinajstić information content (AvgIpc) is 2.90. The number of amides is 2. The third-order valence-corrected chi connectivity index (χ3v) is 8.18. The zero-order chi connectivity index (χ0) is 29.9. The molecule has 1 N–H and O–H groups in total. The van der Waals surface area contributed by atoms with Gasteiger partial charge in [0.1, 0.15) is 11.5 Å². The summed E-state index contributed by atoms with van der Waals surface area (Å²) in [6.45, 7) is 4.16. The van der Waals surface area contributed by atoms with Crippen molar-refractivity contribution in [3.05, 3.63) is 59.2 Å². The van der Waals surface area contributed by atoms with Gasteiger partial charge in [-0.15, -0.1) is 0 Å². The molecule has 7 nitrogen and oxygen atoms in total. The summed E-state index contributed by atoms with van der Waals surface area (Å²) in [4.78, 5) is 28.1. The van der Waals surface area contributed by atoms with Gasteiger partial charge in [-0.2, -0.15) is 13.2 Å². The molecule has 10 heteroatoms. The fraction of sp³-hybridized carbons (Fsp3) is 0.548. The van der Waals surface area contributed by atoms with Gasteiger partial charge < -0.3 is 24.4 Å². The number of rotatable bonds is 9. The first-order valence-electron chi connectivity index (χ1n) is 14.1. The van der Waals surface area contributed by atoms with E-state index in [1.54, 1.807) is 27.1 Å². The van der Waals surface area contributed by atoms with Gasteiger partial charge >= 0.3 is 6.18 Å². The van der Waals surface area contributed by atoms with Gasteiger partial charge in [-0.25, -0.2) is 0 Å². The van der Waals surface area contributed by atoms with Crippen LogP contribution in [0.5, 0.6) is 11.5 Å². The molecule has 1 heterocycles. The van der Waals surface area contributed by atoms with Crippen LogP contribution in [0.2, 0.25) is 0 Å². The predicted octanol–water partition coefficient (Wildman–Crippen LogP) is 5.33. The molecule has 41 heavy (non-hydrogen) atoms. The Hall–Kier alpha value is -3.27. The van der Waals surface area contributed by atoms with E-state index in [-0.39, 0.29) is 37.5 Å². The van der Waals surface area contributed by atoms with Crippen molar-refractivity contribution >= 4 is 11.8 Å². The highest BCUT2D eigenvalue weighted by Gasteiger charge is 2.62. The van der Waals surface area contributed by atoms with E-state index in [9.17, 15) is 27.9 Å². The van der Waals surface area contributed by atoms with Crippen molar-refractivity contribution in [1.82, 2.24) is 9.80 Å². The molecule has 0 spiro atoms. The van der Waals surface area contributed by atoms with E-state index >= 15 is 0 Å². The Morgan fingerprint density at radius 2 is 1.71 bits per heavy atom. The van der Waals surface area contributed by atoms with Crippen molar-refractivity contribution in [1.29, 1.82) is 0 Å². The number of alkyl halides is 3. The summed E-state index contributed by atoms with van der Waals surface area (Å²) in [5.74, 6) is 0.248. The predicted molar refractivity (Wildman–Crippen MR) is 148 cm³/mol. The van der Waals surface area contributed by atoms with Crippen LogP contribution in [0.25, 0.3) is 0 Å². The standard InChI is InChI=1S/C31H39F3N2O5/c1-5-40-24-8-6-7-23(19-24)30(39,31(32,33)34)29(38)36-13-11-21(12-14-36)16-22-17-26(18-22)41-25-9-10-27(20(2)15-25)28(37)35(3)4/h6-10,15,19,21-22,26,39H,5,11-14,16-18H2,1-4H3/t22-,26+,30?. The molecular weight excluding hydrogens is 537 g/mol. The van der Waals surface area contributed by atoms with Gasteiger partial charge in [0.25, 0.3) is 17.4 Å². The zero-order valence-electron chi connectivity index (χ0n) is 24.0. The third kappa shape index (κ3) is 6.63. The fourth-order valence-electron chi connectivity index (χ4n) is 5.80. The Balaban J connectivity index is 1.28. The number of likely N-dealkylation sites (tertiary alicyclic amines) is 1. The van der Waals surface area contributed by atoms with Crippen LogP contribution in [0.1, 0.15) is 60.5 Å².